The number of benzene rings is 2. The van der Waals surface area contributed by atoms with Crippen molar-refractivity contribution in [2.45, 2.75) is 6.92 Å². The van der Waals surface area contributed by atoms with Crippen LogP contribution in [0.1, 0.15) is 5.56 Å². The van der Waals surface area contributed by atoms with Gasteiger partial charge in [0.05, 0.1) is 18.2 Å². The molecule has 0 radical (unpaired) electrons. The minimum atomic E-state index is 0.785. The number of thiophene rings is 1. The number of aryl methyl sites for hydroxylation is 1. The topological polar surface area (TPSA) is 47.0 Å². The lowest BCUT2D eigenvalue weighted by Crippen LogP contribution is -1.98. The highest BCUT2D eigenvalue weighted by molar-refractivity contribution is 7.21. The summed E-state index contributed by atoms with van der Waals surface area (Å²) >= 11 is 1.67. The Hall–Kier alpha value is -2.92. The van der Waals surface area contributed by atoms with Gasteiger partial charge in [-0.2, -0.15) is 0 Å². The first-order valence-electron chi connectivity index (χ1n) is 7.96. The lowest BCUT2D eigenvalue weighted by molar-refractivity contribution is 0.416. The molecular weight excluding hydrogens is 330 g/mol. The molecule has 0 spiro atoms. The molecule has 0 aliphatic rings. The lowest BCUT2D eigenvalue weighted by Gasteiger charge is -2.11. The number of rotatable bonds is 4. The maximum Gasteiger partial charge on any atom is 0.142 e. The van der Waals surface area contributed by atoms with E-state index >= 15 is 0 Å². The van der Waals surface area contributed by atoms with Crippen molar-refractivity contribution in [1.29, 1.82) is 0 Å². The van der Waals surface area contributed by atoms with Crippen LogP contribution in [-0.2, 0) is 0 Å². The first kappa shape index (κ1) is 15.6. The van der Waals surface area contributed by atoms with Crippen molar-refractivity contribution < 1.29 is 4.74 Å². The van der Waals surface area contributed by atoms with E-state index in [0.29, 0.717) is 0 Å². The number of methoxy groups -OCH3 is 1. The lowest BCUT2D eigenvalue weighted by atomic mass is 10.2. The number of hydrogen-bond acceptors (Lipinski definition) is 5. The largest absolute Gasteiger partial charge is 0.495 e. The van der Waals surface area contributed by atoms with Crippen LogP contribution in [0.3, 0.4) is 0 Å². The highest BCUT2D eigenvalue weighted by Crippen LogP contribution is 2.37. The van der Waals surface area contributed by atoms with E-state index in [1.165, 1.54) is 10.4 Å². The summed E-state index contributed by atoms with van der Waals surface area (Å²) in [5.74, 6) is 1.57. The summed E-state index contributed by atoms with van der Waals surface area (Å²) in [6.07, 6.45) is 1.60. The van der Waals surface area contributed by atoms with Gasteiger partial charge in [-0.15, -0.1) is 11.3 Å². The van der Waals surface area contributed by atoms with Crippen LogP contribution in [0.15, 0.2) is 60.9 Å². The average Bonchev–Trinajstić information content (AvgIpc) is 3.08. The van der Waals surface area contributed by atoms with Crippen LogP contribution in [0.5, 0.6) is 5.75 Å². The van der Waals surface area contributed by atoms with Crippen molar-refractivity contribution in [3.8, 4) is 16.2 Å². The maximum absolute atomic E-state index is 5.46. The van der Waals surface area contributed by atoms with E-state index < -0.39 is 0 Å². The molecule has 0 saturated heterocycles. The molecule has 2 heterocycles. The Morgan fingerprint density at radius 2 is 1.84 bits per heavy atom. The van der Waals surface area contributed by atoms with E-state index in [0.717, 1.165) is 33.0 Å². The van der Waals surface area contributed by atoms with Gasteiger partial charge in [0.25, 0.3) is 0 Å². The zero-order valence-electron chi connectivity index (χ0n) is 14.0. The van der Waals surface area contributed by atoms with Crippen LogP contribution in [0, 0.1) is 6.92 Å². The molecule has 0 aliphatic heterocycles. The molecule has 5 heteroatoms. The van der Waals surface area contributed by atoms with Crippen molar-refractivity contribution in [3.63, 3.8) is 0 Å². The molecule has 25 heavy (non-hydrogen) atoms. The van der Waals surface area contributed by atoms with Crippen LogP contribution in [-0.4, -0.2) is 17.1 Å². The van der Waals surface area contributed by atoms with Gasteiger partial charge in [-0.05, 0) is 36.2 Å². The fraction of sp³-hybridized carbons (Fsp3) is 0.100. The highest BCUT2D eigenvalue weighted by Gasteiger charge is 2.12. The van der Waals surface area contributed by atoms with Gasteiger partial charge in [-0.3, -0.25) is 0 Å². The fourth-order valence-corrected chi connectivity index (χ4v) is 3.75. The molecule has 4 rings (SSSR count). The second kappa shape index (κ2) is 6.53. The molecule has 2 aromatic heterocycles. The fourth-order valence-electron chi connectivity index (χ4n) is 2.75. The first-order chi connectivity index (χ1) is 12.2. The zero-order chi connectivity index (χ0) is 17.2. The van der Waals surface area contributed by atoms with Crippen LogP contribution in [0.4, 0.5) is 11.5 Å². The Bertz CT molecular complexity index is 1030. The van der Waals surface area contributed by atoms with Gasteiger partial charge in [0.15, 0.2) is 0 Å². The smallest absolute Gasteiger partial charge is 0.142 e. The van der Waals surface area contributed by atoms with Gasteiger partial charge in [0.2, 0.25) is 0 Å². The molecule has 0 aliphatic carbocycles. The minimum Gasteiger partial charge on any atom is -0.495 e. The van der Waals surface area contributed by atoms with E-state index in [-0.39, 0.29) is 0 Å². The van der Waals surface area contributed by atoms with E-state index in [9.17, 15) is 0 Å². The number of ether oxygens (including phenoxy) is 1. The summed E-state index contributed by atoms with van der Waals surface area (Å²) in [5, 5.41) is 4.41. The summed E-state index contributed by atoms with van der Waals surface area (Å²) in [7, 11) is 1.67. The normalized spacial score (nSPS) is 10.8. The summed E-state index contributed by atoms with van der Waals surface area (Å²) in [6.45, 7) is 2.05. The van der Waals surface area contributed by atoms with Crippen molar-refractivity contribution in [1.82, 2.24) is 9.97 Å². The second-order valence-electron chi connectivity index (χ2n) is 5.75. The van der Waals surface area contributed by atoms with Crippen molar-refractivity contribution >= 4 is 33.1 Å². The molecular formula is C20H17N3OS. The van der Waals surface area contributed by atoms with Crippen molar-refractivity contribution in [2.75, 3.05) is 12.4 Å². The van der Waals surface area contributed by atoms with Gasteiger partial charge in [0, 0.05) is 4.88 Å². The number of fused-ring (bicyclic) bond motifs is 1. The van der Waals surface area contributed by atoms with Gasteiger partial charge in [-0.1, -0.05) is 36.4 Å². The number of hydrogen-bond donors (Lipinski definition) is 1. The van der Waals surface area contributed by atoms with Crippen molar-refractivity contribution in [2.24, 2.45) is 0 Å². The molecule has 1 N–H and O–H groups in total. The summed E-state index contributed by atoms with van der Waals surface area (Å²) < 4.78 is 5.46. The maximum atomic E-state index is 5.46. The molecule has 124 valence electrons. The number of anilines is 2. The minimum absolute atomic E-state index is 0.785. The Kier molecular flexibility index (Phi) is 4.07. The van der Waals surface area contributed by atoms with E-state index in [2.05, 4.69) is 46.5 Å². The number of nitrogens with one attached hydrogen (secondary N) is 1. The highest BCUT2D eigenvalue weighted by atomic mass is 32.1. The zero-order valence-corrected chi connectivity index (χ0v) is 14.8. The third-order valence-corrected chi connectivity index (χ3v) is 5.09. The molecule has 0 amide bonds. The predicted octanol–water partition coefficient (Wildman–Crippen LogP) is 5.42. The van der Waals surface area contributed by atoms with Gasteiger partial charge in [-0.25, -0.2) is 9.97 Å². The van der Waals surface area contributed by atoms with Crippen LogP contribution >= 0.6 is 11.3 Å². The average molecular weight is 347 g/mol. The van der Waals surface area contributed by atoms with Crippen LogP contribution in [0.25, 0.3) is 20.7 Å². The third kappa shape index (κ3) is 3.06. The van der Waals surface area contributed by atoms with E-state index in [1.54, 1.807) is 24.8 Å². The SMILES string of the molecule is COc1ccc(C)cc1Nc1ncnc2sc(-c3ccccc3)cc12. The quantitative estimate of drug-likeness (QED) is 0.535. The summed E-state index contributed by atoms with van der Waals surface area (Å²) in [5.41, 5.74) is 3.24. The van der Waals surface area contributed by atoms with Gasteiger partial charge >= 0.3 is 0 Å². The first-order valence-corrected chi connectivity index (χ1v) is 8.78. The molecule has 0 unspecified atom stereocenters. The third-order valence-electron chi connectivity index (χ3n) is 4.00. The van der Waals surface area contributed by atoms with E-state index in [1.807, 2.05) is 30.3 Å². The molecule has 0 saturated carbocycles. The molecule has 2 aromatic carbocycles. The summed E-state index contributed by atoms with van der Waals surface area (Å²) in [4.78, 5) is 11.0. The van der Waals surface area contributed by atoms with Gasteiger partial charge in [0.1, 0.15) is 22.7 Å². The molecule has 0 fully saturated rings. The molecule has 4 nitrogen and oxygen atoms in total. The Labute approximate surface area is 150 Å². The Balaban J connectivity index is 1.78. The molecule has 4 aromatic rings. The monoisotopic (exact) mass is 347 g/mol. The van der Waals surface area contributed by atoms with E-state index in [4.69, 9.17) is 4.74 Å². The van der Waals surface area contributed by atoms with Gasteiger partial charge < -0.3 is 10.1 Å². The Morgan fingerprint density at radius 1 is 1.00 bits per heavy atom. The van der Waals surface area contributed by atoms with Crippen LogP contribution < -0.4 is 10.1 Å². The number of aromatic nitrogens is 2. The Morgan fingerprint density at radius 3 is 2.64 bits per heavy atom. The van der Waals surface area contributed by atoms with Crippen LogP contribution in [0.2, 0.25) is 0 Å². The predicted molar refractivity (Wildman–Crippen MR) is 104 cm³/mol. The standard InChI is InChI=1S/C20H17N3OS/c1-13-8-9-17(24-2)16(10-13)23-19-15-11-18(14-6-4-3-5-7-14)25-20(15)22-12-21-19/h3-12H,1-2H3,(H,21,22,23). The molecule has 0 atom stereocenters. The summed E-state index contributed by atoms with van der Waals surface area (Å²) in [6, 6.07) is 18.5. The second-order valence-corrected chi connectivity index (χ2v) is 6.78. The molecule has 0 bridgehead atoms. The van der Waals surface area contributed by atoms with Crippen molar-refractivity contribution in [3.05, 3.63) is 66.5 Å². The number of nitrogens with zero attached hydrogens (tertiary/aromatic N) is 2.